The van der Waals surface area contributed by atoms with Crippen LogP contribution in [-0.4, -0.2) is 67.0 Å². The number of methoxy groups -OCH3 is 1. The average Bonchev–Trinajstić information content (AvgIpc) is 3.17. The van der Waals surface area contributed by atoms with E-state index in [1.54, 1.807) is 14.2 Å². The zero-order valence-corrected chi connectivity index (χ0v) is 23.6. The molecule has 0 bridgehead atoms. The number of hydrogen-bond acceptors (Lipinski definition) is 5. The Morgan fingerprint density at radius 3 is 2.42 bits per heavy atom. The molecular formula is C30H40ClN3O4. The fourth-order valence-corrected chi connectivity index (χ4v) is 5.82. The third-order valence-corrected chi connectivity index (χ3v) is 7.97. The summed E-state index contributed by atoms with van der Waals surface area (Å²) in [5.41, 5.74) is 2.44. The molecule has 2 aromatic carbocycles. The van der Waals surface area contributed by atoms with Crippen molar-refractivity contribution in [3.63, 3.8) is 0 Å². The highest BCUT2D eigenvalue weighted by molar-refractivity contribution is 6.30. The van der Waals surface area contributed by atoms with Gasteiger partial charge >= 0.3 is 6.03 Å². The molecular weight excluding hydrogens is 502 g/mol. The third kappa shape index (κ3) is 7.00. The summed E-state index contributed by atoms with van der Waals surface area (Å²) in [6.45, 7) is 4.65. The maximum Gasteiger partial charge on any atom is 0.327 e. The van der Waals surface area contributed by atoms with Gasteiger partial charge in [-0.2, -0.15) is 0 Å². The smallest absolute Gasteiger partial charge is 0.327 e. The lowest BCUT2D eigenvalue weighted by atomic mass is 9.88. The third-order valence-electron chi connectivity index (χ3n) is 7.72. The molecule has 2 aliphatic rings. The molecule has 1 aliphatic carbocycles. The van der Waals surface area contributed by atoms with Crippen molar-refractivity contribution >= 4 is 23.5 Å². The van der Waals surface area contributed by atoms with Gasteiger partial charge in [0.2, 0.25) is 5.91 Å². The van der Waals surface area contributed by atoms with Gasteiger partial charge in [0.05, 0.1) is 13.7 Å². The summed E-state index contributed by atoms with van der Waals surface area (Å²) in [7, 11) is 3.26. The van der Waals surface area contributed by atoms with Crippen LogP contribution in [0.5, 0.6) is 11.5 Å². The van der Waals surface area contributed by atoms with E-state index in [-0.39, 0.29) is 31.6 Å². The van der Waals surface area contributed by atoms with Crippen molar-refractivity contribution in [2.45, 2.75) is 58.0 Å². The highest BCUT2D eigenvalue weighted by atomic mass is 35.5. The number of carbonyl (C=O) groups is 2. The number of carbonyl (C=O) groups excluding carboxylic acids is 2. The van der Waals surface area contributed by atoms with Crippen molar-refractivity contribution in [1.82, 2.24) is 14.7 Å². The van der Waals surface area contributed by atoms with Crippen molar-refractivity contribution in [1.29, 1.82) is 0 Å². The lowest BCUT2D eigenvalue weighted by molar-refractivity contribution is -0.125. The standard InChI is InChI=1S/C30H40ClN3O4/c1-4-26(24-11-13-25(31)14-12-24)33(19-22-8-6-5-7-9-22)20-23-10-15-27(28(18-23)37-3)38-17-16-34-29(35)21-32(2)30(34)36/h10-15,18,22,26H,4-9,16-17,19-21H2,1-3H3. The van der Waals surface area contributed by atoms with E-state index < -0.39 is 0 Å². The summed E-state index contributed by atoms with van der Waals surface area (Å²) in [5, 5.41) is 0.758. The Kier molecular flexibility index (Phi) is 9.91. The molecule has 0 spiro atoms. The molecule has 2 fully saturated rings. The van der Waals surface area contributed by atoms with Crippen LogP contribution in [0.25, 0.3) is 0 Å². The van der Waals surface area contributed by atoms with E-state index in [9.17, 15) is 9.59 Å². The Bertz CT molecular complexity index is 1090. The number of imide groups is 1. The Morgan fingerprint density at radius 1 is 1.05 bits per heavy atom. The molecule has 206 valence electrons. The van der Waals surface area contributed by atoms with Crippen molar-refractivity contribution in [2.24, 2.45) is 5.92 Å². The minimum Gasteiger partial charge on any atom is -0.493 e. The van der Waals surface area contributed by atoms with Gasteiger partial charge in [0.15, 0.2) is 11.5 Å². The first kappa shape index (κ1) is 28.2. The lowest BCUT2D eigenvalue weighted by Crippen LogP contribution is -2.35. The maximum absolute atomic E-state index is 12.1. The Hall–Kier alpha value is -2.77. The number of benzene rings is 2. The van der Waals surface area contributed by atoms with Gasteiger partial charge in [-0.25, -0.2) is 4.79 Å². The number of urea groups is 1. The maximum atomic E-state index is 12.1. The average molecular weight is 542 g/mol. The molecule has 8 heteroatoms. The van der Waals surface area contributed by atoms with E-state index in [1.165, 1.54) is 47.5 Å². The molecule has 38 heavy (non-hydrogen) atoms. The first-order valence-corrected chi connectivity index (χ1v) is 14.1. The summed E-state index contributed by atoms with van der Waals surface area (Å²) in [6, 6.07) is 14.3. The van der Waals surface area contributed by atoms with Crippen molar-refractivity contribution in [3.8, 4) is 11.5 Å². The van der Waals surface area contributed by atoms with Gasteiger partial charge in [-0.05, 0) is 60.6 Å². The monoisotopic (exact) mass is 541 g/mol. The summed E-state index contributed by atoms with van der Waals surface area (Å²) < 4.78 is 11.6. The van der Waals surface area contributed by atoms with Gasteiger partial charge in [0, 0.05) is 31.2 Å². The van der Waals surface area contributed by atoms with Crippen molar-refractivity contribution in [3.05, 3.63) is 58.6 Å². The van der Waals surface area contributed by atoms with Gasteiger partial charge in [-0.15, -0.1) is 0 Å². The fraction of sp³-hybridized carbons (Fsp3) is 0.533. The van der Waals surface area contributed by atoms with Gasteiger partial charge in [-0.3, -0.25) is 14.6 Å². The van der Waals surface area contributed by atoms with Gasteiger partial charge < -0.3 is 14.4 Å². The second kappa shape index (κ2) is 13.3. The van der Waals surface area contributed by atoms with E-state index in [4.69, 9.17) is 21.1 Å². The van der Waals surface area contributed by atoms with E-state index in [0.29, 0.717) is 23.5 Å². The highest BCUT2D eigenvalue weighted by Crippen LogP contribution is 2.34. The molecule has 1 aliphatic heterocycles. The molecule has 7 nitrogen and oxygen atoms in total. The molecule has 2 aromatic rings. The molecule has 1 saturated heterocycles. The van der Waals surface area contributed by atoms with E-state index in [1.807, 2.05) is 24.3 Å². The zero-order chi connectivity index (χ0) is 27.1. The first-order chi connectivity index (χ1) is 18.4. The van der Waals surface area contributed by atoms with E-state index >= 15 is 0 Å². The van der Waals surface area contributed by atoms with Crippen molar-refractivity contribution < 1.29 is 19.1 Å². The second-order valence-electron chi connectivity index (χ2n) is 10.4. The number of amides is 3. The largest absolute Gasteiger partial charge is 0.493 e. The molecule has 3 amide bonds. The SMILES string of the molecule is CCC(c1ccc(Cl)cc1)N(Cc1ccc(OCCN2C(=O)CN(C)C2=O)c(OC)c1)CC1CCCCC1. The number of rotatable bonds is 12. The molecule has 1 heterocycles. The molecule has 0 aromatic heterocycles. The zero-order valence-electron chi connectivity index (χ0n) is 22.8. The minimum absolute atomic E-state index is 0.114. The van der Waals surface area contributed by atoms with Crippen LogP contribution >= 0.6 is 11.6 Å². The van der Waals surface area contributed by atoms with Gasteiger partial charge in [0.25, 0.3) is 0 Å². The number of halogens is 1. The van der Waals surface area contributed by atoms with Crippen LogP contribution in [0.2, 0.25) is 5.02 Å². The van der Waals surface area contributed by atoms with Crippen LogP contribution in [0.15, 0.2) is 42.5 Å². The Labute approximate surface area is 231 Å². The van der Waals surface area contributed by atoms with Gasteiger partial charge in [-0.1, -0.05) is 56.0 Å². The number of ether oxygens (including phenoxy) is 2. The quantitative estimate of drug-likeness (QED) is 0.301. The van der Waals surface area contributed by atoms with Crippen LogP contribution in [0.1, 0.15) is 62.6 Å². The van der Waals surface area contributed by atoms with Crippen molar-refractivity contribution in [2.75, 3.05) is 40.4 Å². The number of hydrogen-bond donors (Lipinski definition) is 0. The second-order valence-corrected chi connectivity index (χ2v) is 10.9. The predicted molar refractivity (Wildman–Crippen MR) is 150 cm³/mol. The first-order valence-electron chi connectivity index (χ1n) is 13.7. The van der Waals surface area contributed by atoms with Crippen LogP contribution in [-0.2, 0) is 11.3 Å². The summed E-state index contributed by atoms with van der Waals surface area (Å²) in [4.78, 5) is 29.4. The molecule has 1 unspecified atom stereocenters. The summed E-state index contributed by atoms with van der Waals surface area (Å²) >= 11 is 6.19. The molecule has 1 atom stereocenters. The lowest BCUT2D eigenvalue weighted by Gasteiger charge is -2.36. The predicted octanol–water partition coefficient (Wildman–Crippen LogP) is 6.16. The normalized spacial score (nSPS) is 17.4. The fourth-order valence-electron chi connectivity index (χ4n) is 5.69. The molecule has 4 rings (SSSR count). The minimum atomic E-state index is -0.287. The topological polar surface area (TPSA) is 62.3 Å². The van der Waals surface area contributed by atoms with Crippen LogP contribution < -0.4 is 9.47 Å². The van der Waals surface area contributed by atoms with E-state index in [0.717, 1.165) is 30.1 Å². The molecule has 0 N–H and O–H groups in total. The Morgan fingerprint density at radius 2 is 1.79 bits per heavy atom. The van der Waals surface area contributed by atoms with E-state index in [2.05, 4.69) is 30.0 Å². The van der Waals surface area contributed by atoms with Crippen LogP contribution in [0, 0.1) is 5.92 Å². The summed E-state index contributed by atoms with van der Waals surface area (Å²) in [6.07, 6.45) is 7.58. The Balaban J connectivity index is 1.47. The van der Waals surface area contributed by atoms with Crippen LogP contribution in [0.3, 0.4) is 0 Å². The van der Waals surface area contributed by atoms with Gasteiger partial charge in [0.1, 0.15) is 13.2 Å². The number of likely N-dealkylation sites (N-methyl/N-ethyl adjacent to an activating group) is 1. The van der Waals surface area contributed by atoms with Crippen LogP contribution in [0.4, 0.5) is 4.79 Å². The molecule has 1 saturated carbocycles. The summed E-state index contributed by atoms with van der Waals surface area (Å²) in [5.74, 6) is 1.76. The molecule has 0 radical (unpaired) electrons. The highest BCUT2D eigenvalue weighted by Gasteiger charge is 2.33. The number of nitrogens with zero attached hydrogens (tertiary/aromatic N) is 3.